The van der Waals surface area contributed by atoms with Gasteiger partial charge in [-0.15, -0.1) is 0 Å². The second-order valence-electron chi connectivity index (χ2n) is 11.4. The average molecular weight is 491 g/mol. The normalized spacial score (nSPS) is 28.4. The van der Waals surface area contributed by atoms with Crippen LogP contribution in [-0.4, -0.2) is 59.5 Å². The van der Waals surface area contributed by atoms with Crippen LogP contribution < -0.4 is 0 Å². The standard InChI is InChI=1S/C25H34N2O6S/c1-23(2,3)33-22(30)26(21(29)17-9-7-6-8-10-17)14-12-20(28)27-19-15-18-11-13-25(19,24(18,4)5)16-34(27,31)32/h6-10,18-19H,11-16H2,1-5H3/t18-,19-,25-/m1/s1. The lowest BCUT2D eigenvalue weighted by Gasteiger charge is -2.37. The minimum absolute atomic E-state index is 0.0152. The van der Waals surface area contributed by atoms with E-state index >= 15 is 0 Å². The van der Waals surface area contributed by atoms with Crippen molar-refractivity contribution in [3.8, 4) is 0 Å². The molecule has 1 spiro atoms. The van der Waals surface area contributed by atoms with Gasteiger partial charge in [-0.1, -0.05) is 32.0 Å². The van der Waals surface area contributed by atoms with E-state index in [-0.39, 0.29) is 35.7 Å². The molecule has 0 unspecified atom stereocenters. The molecule has 3 aliphatic rings. The van der Waals surface area contributed by atoms with Crippen LogP contribution in [0.4, 0.5) is 4.79 Å². The van der Waals surface area contributed by atoms with E-state index in [4.69, 9.17) is 4.74 Å². The molecular weight excluding hydrogens is 456 g/mol. The third-order valence-electron chi connectivity index (χ3n) is 8.09. The fourth-order valence-corrected chi connectivity index (χ4v) is 8.84. The van der Waals surface area contributed by atoms with E-state index in [1.165, 1.54) is 0 Å². The molecule has 2 aliphatic carbocycles. The summed E-state index contributed by atoms with van der Waals surface area (Å²) in [6.07, 6.45) is 1.32. The van der Waals surface area contributed by atoms with Crippen LogP contribution in [-0.2, 0) is 19.6 Å². The summed E-state index contributed by atoms with van der Waals surface area (Å²) < 4.78 is 32.8. The zero-order valence-corrected chi connectivity index (χ0v) is 21.4. The third-order valence-corrected chi connectivity index (χ3v) is 10.0. The number of ether oxygens (including phenoxy) is 1. The summed E-state index contributed by atoms with van der Waals surface area (Å²) in [4.78, 5) is 40.1. The lowest BCUT2D eigenvalue weighted by Crippen LogP contribution is -2.46. The zero-order valence-electron chi connectivity index (χ0n) is 20.5. The number of carbonyl (C=O) groups is 3. The summed E-state index contributed by atoms with van der Waals surface area (Å²) in [7, 11) is -3.77. The highest BCUT2D eigenvalue weighted by Crippen LogP contribution is 2.70. The monoisotopic (exact) mass is 490 g/mol. The van der Waals surface area contributed by atoms with Gasteiger partial charge in [0.25, 0.3) is 5.91 Å². The molecule has 0 radical (unpaired) electrons. The van der Waals surface area contributed by atoms with Gasteiger partial charge in [0, 0.05) is 23.9 Å². The second-order valence-corrected chi connectivity index (χ2v) is 13.2. The van der Waals surface area contributed by atoms with Crippen molar-refractivity contribution in [2.24, 2.45) is 16.7 Å². The quantitative estimate of drug-likeness (QED) is 0.636. The van der Waals surface area contributed by atoms with Crippen molar-refractivity contribution in [3.05, 3.63) is 35.9 Å². The minimum atomic E-state index is -3.77. The van der Waals surface area contributed by atoms with Crippen LogP contribution in [0.3, 0.4) is 0 Å². The number of amides is 3. The number of imide groups is 1. The predicted octanol–water partition coefficient (Wildman–Crippen LogP) is 3.82. The summed E-state index contributed by atoms with van der Waals surface area (Å²) in [6, 6.07) is 7.92. The van der Waals surface area contributed by atoms with Crippen molar-refractivity contribution in [1.82, 2.24) is 9.21 Å². The molecule has 1 aromatic carbocycles. The summed E-state index contributed by atoms with van der Waals surface area (Å²) in [5, 5.41) is 0. The Kier molecular flexibility index (Phi) is 5.86. The number of fused-ring (bicyclic) bond motifs is 1. The van der Waals surface area contributed by atoms with Gasteiger partial charge in [-0.2, -0.15) is 0 Å². The summed E-state index contributed by atoms with van der Waals surface area (Å²) in [6.45, 7) is 9.05. The van der Waals surface area contributed by atoms with Crippen molar-refractivity contribution >= 4 is 27.9 Å². The fraction of sp³-hybridized carbons (Fsp3) is 0.640. The van der Waals surface area contributed by atoms with E-state index in [1.807, 2.05) is 0 Å². The highest BCUT2D eigenvalue weighted by atomic mass is 32.2. The van der Waals surface area contributed by atoms with Crippen LogP contribution in [0.5, 0.6) is 0 Å². The molecule has 2 saturated carbocycles. The van der Waals surface area contributed by atoms with Crippen molar-refractivity contribution in [2.45, 2.75) is 71.9 Å². The first-order valence-corrected chi connectivity index (χ1v) is 13.5. The van der Waals surface area contributed by atoms with Gasteiger partial charge in [-0.3, -0.25) is 9.59 Å². The van der Waals surface area contributed by atoms with Gasteiger partial charge in [-0.05, 0) is 63.5 Å². The van der Waals surface area contributed by atoms with Gasteiger partial charge in [0.1, 0.15) is 5.60 Å². The third kappa shape index (κ3) is 3.91. The molecule has 0 N–H and O–H groups in total. The van der Waals surface area contributed by atoms with Gasteiger partial charge in [0.15, 0.2) is 0 Å². The van der Waals surface area contributed by atoms with Crippen molar-refractivity contribution in [3.63, 3.8) is 0 Å². The van der Waals surface area contributed by atoms with Gasteiger partial charge in [0.2, 0.25) is 15.9 Å². The maximum Gasteiger partial charge on any atom is 0.417 e. The minimum Gasteiger partial charge on any atom is -0.443 e. The maximum absolute atomic E-state index is 13.3. The number of hydrogen-bond acceptors (Lipinski definition) is 6. The van der Waals surface area contributed by atoms with Crippen LogP contribution in [0, 0.1) is 16.7 Å². The molecule has 2 bridgehead atoms. The van der Waals surface area contributed by atoms with Crippen molar-refractivity contribution < 1.29 is 27.5 Å². The molecule has 1 heterocycles. The van der Waals surface area contributed by atoms with Gasteiger partial charge < -0.3 is 4.74 Å². The first-order chi connectivity index (χ1) is 15.7. The molecule has 0 aromatic heterocycles. The Hall–Kier alpha value is -2.42. The summed E-state index contributed by atoms with van der Waals surface area (Å²) >= 11 is 0. The topological polar surface area (TPSA) is 101 Å². The molecule has 1 aliphatic heterocycles. The Balaban J connectivity index is 1.55. The van der Waals surface area contributed by atoms with E-state index < -0.39 is 38.9 Å². The Bertz CT molecular complexity index is 1110. The maximum atomic E-state index is 13.3. The van der Waals surface area contributed by atoms with E-state index in [2.05, 4.69) is 13.8 Å². The Morgan fingerprint density at radius 3 is 2.38 bits per heavy atom. The molecule has 34 heavy (non-hydrogen) atoms. The van der Waals surface area contributed by atoms with Gasteiger partial charge in [0.05, 0.1) is 11.8 Å². The number of carbonyl (C=O) groups excluding carboxylic acids is 3. The summed E-state index contributed by atoms with van der Waals surface area (Å²) in [5.74, 6) is -0.788. The van der Waals surface area contributed by atoms with Crippen molar-refractivity contribution in [2.75, 3.05) is 12.3 Å². The van der Waals surface area contributed by atoms with Crippen molar-refractivity contribution in [1.29, 1.82) is 0 Å². The van der Waals surface area contributed by atoms with E-state index in [0.717, 1.165) is 22.0 Å². The summed E-state index contributed by atoms with van der Waals surface area (Å²) in [5.41, 5.74) is -1.12. The molecule has 3 amide bonds. The molecule has 186 valence electrons. The Labute approximate surface area is 201 Å². The molecule has 3 fully saturated rings. The van der Waals surface area contributed by atoms with Gasteiger partial charge in [-0.25, -0.2) is 22.4 Å². The molecule has 3 atom stereocenters. The van der Waals surface area contributed by atoms with Crippen LogP contribution >= 0.6 is 0 Å². The first-order valence-electron chi connectivity index (χ1n) is 11.8. The Morgan fingerprint density at radius 1 is 1.15 bits per heavy atom. The predicted molar refractivity (Wildman–Crippen MR) is 126 cm³/mol. The number of sulfonamides is 1. The smallest absolute Gasteiger partial charge is 0.417 e. The number of rotatable bonds is 4. The molecular formula is C25H34N2O6S. The lowest BCUT2D eigenvalue weighted by atomic mass is 9.69. The van der Waals surface area contributed by atoms with E-state index in [9.17, 15) is 22.8 Å². The number of benzene rings is 1. The van der Waals surface area contributed by atoms with E-state index in [1.54, 1.807) is 51.1 Å². The number of nitrogens with zero attached hydrogens (tertiary/aromatic N) is 2. The zero-order chi connectivity index (χ0) is 25.1. The number of hydrogen-bond donors (Lipinski definition) is 0. The van der Waals surface area contributed by atoms with Crippen LogP contribution in [0.1, 0.15) is 70.7 Å². The van der Waals surface area contributed by atoms with Crippen LogP contribution in [0.15, 0.2) is 30.3 Å². The molecule has 1 saturated heterocycles. The Morgan fingerprint density at radius 2 is 1.79 bits per heavy atom. The first kappa shape index (κ1) is 24.7. The fourth-order valence-electron chi connectivity index (χ4n) is 6.26. The highest BCUT2D eigenvalue weighted by molar-refractivity contribution is 7.90. The van der Waals surface area contributed by atoms with Gasteiger partial charge >= 0.3 is 6.09 Å². The van der Waals surface area contributed by atoms with Crippen LogP contribution in [0.2, 0.25) is 0 Å². The van der Waals surface area contributed by atoms with E-state index in [0.29, 0.717) is 12.3 Å². The SMILES string of the molecule is CC(C)(C)OC(=O)N(CCC(=O)N1[C@@H]2C[C@H]3CC[C@]2(CS1(=O)=O)C3(C)C)C(=O)c1ccccc1. The molecule has 4 rings (SSSR count). The molecule has 1 aromatic rings. The average Bonchev–Trinajstić information content (AvgIpc) is 3.20. The molecule has 8 nitrogen and oxygen atoms in total. The highest BCUT2D eigenvalue weighted by Gasteiger charge is 2.72. The second kappa shape index (κ2) is 8.07. The largest absolute Gasteiger partial charge is 0.443 e. The van der Waals surface area contributed by atoms with Crippen LogP contribution in [0.25, 0.3) is 0 Å². The molecule has 9 heteroatoms. The lowest BCUT2D eigenvalue weighted by molar-refractivity contribution is -0.129.